The van der Waals surface area contributed by atoms with Crippen LogP contribution in [-0.4, -0.2) is 52.1 Å². The number of halogens is 3. The number of ether oxygens (including phenoxy) is 1. The number of benzene rings is 1. The Hall–Kier alpha value is -3.95. The van der Waals surface area contributed by atoms with E-state index in [1.54, 1.807) is 36.7 Å². The molecule has 0 bridgehead atoms. The molecule has 0 fully saturated rings. The van der Waals surface area contributed by atoms with E-state index >= 15 is 0 Å². The van der Waals surface area contributed by atoms with Crippen LogP contribution in [-0.2, 0) is 6.42 Å². The van der Waals surface area contributed by atoms with Gasteiger partial charge in [-0.3, -0.25) is 19.6 Å². The lowest BCUT2D eigenvalue weighted by Crippen LogP contribution is -2.50. The van der Waals surface area contributed by atoms with Gasteiger partial charge in [0.1, 0.15) is 24.6 Å². The van der Waals surface area contributed by atoms with Crippen molar-refractivity contribution in [3.8, 4) is 16.9 Å². The molecule has 3 aromatic rings. The molecule has 10 heteroatoms. The Morgan fingerprint density at radius 1 is 1.12 bits per heavy atom. The van der Waals surface area contributed by atoms with E-state index < -0.39 is 30.6 Å². The first-order valence-electron chi connectivity index (χ1n) is 10.0. The van der Waals surface area contributed by atoms with Gasteiger partial charge < -0.3 is 15.4 Å². The predicted octanol–water partition coefficient (Wildman–Crippen LogP) is 3.25. The van der Waals surface area contributed by atoms with Crippen LogP contribution in [0.25, 0.3) is 11.1 Å². The fourth-order valence-electron chi connectivity index (χ4n) is 3.77. The first kappa shape index (κ1) is 22.3. The molecule has 33 heavy (non-hydrogen) atoms. The van der Waals surface area contributed by atoms with Crippen molar-refractivity contribution in [3.05, 3.63) is 77.9 Å². The van der Waals surface area contributed by atoms with Crippen molar-refractivity contribution < 1.29 is 27.5 Å². The molecular formula is C23H19F3N4O3. The van der Waals surface area contributed by atoms with E-state index in [9.17, 15) is 22.8 Å². The minimum Gasteiger partial charge on any atom is -0.491 e. The molecule has 1 aliphatic rings. The molecule has 7 nitrogen and oxygen atoms in total. The van der Waals surface area contributed by atoms with Gasteiger partial charge in [0.25, 0.3) is 5.91 Å². The van der Waals surface area contributed by atoms with Gasteiger partial charge in [-0.15, -0.1) is 0 Å². The number of carbonyl (C=O) groups is 2. The van der Waals surface area contributed by atoms with E-state index in [0.29, 0.717) is 11.3 Å². The minimum atomic E-state index is -4.63. The molecule has 2 N–H and O–H groups in total. The summed E-state index contributed by atoms with van der Waals surface area (Å²) in [7, 11) is 0. The number of carbonyl (C=O) groups excluding carboxylic acids is 2. The van der Waals surface area contributed by atoms with E-state index in [0.717, 1.165) is 22.2 Å². The summed E-state index contributed by atoms with van der Waals surface area (Å²) < 4.78 is 46.0. The second-order valence-corrected chi connectivity index (χ2v) is 7.53. The minimum absolute atomic E-state index is 0.0471. The van der Waals surface area contributed by atoms with Crippen LogP contribution < -0.4 is 10.5 Å². The topological polar surface area (TPSA) is 98.4 Å². The van der Waals surface area contributed by atoms with Gasteiger partial charge in [0.05, 0.1) is 11.6 Å². The number of nitrogens with two attached hydrogens (primary N) is 1. The van der Waals surface area contributed by atoms with Crippen molar-refractivity contribution in [2.24, 2.45) is 5.73 Å². The van der Waals surface area contributed by atoms with Gasteiger partial charge >= 0.3 is 6.18 Å². The first-order valence-corrected chi connectivity index (χ1v) is 10.0. The summed E-state index contributed by atoms with van der Waals surface area (Å²) in [5.41, 5.74) is 7.32. The number of hydrogen-bond acceptors (Lipinski definition) is 5. The smallest absolute Gasteiger partial charge is 0.406 e. The highest BCUT2D eigenvalue weighted by molar-refractivity contribution is 5.95. The lowest BCUT2D eigenvalue weighted by molar-refractivity contribution is -0.146. The first-order chi connectivity index (χ1) is 15.7. The predicted molar refractivity (Wildman–Crippen MR) is 113 cm³/mol. The fourth-order valence-corrected chi connectivity index (χ4v) is 3.77. The maximum atomic E-state index is 13.4. The number of hydrogen-bond donors (Lipinski definition) is 1. The van der Waals surface area contributed by atoms with E-state index in [-0.39, 0.29) is 24.3 Å². The fraction of sp³-hybridized carbons (Fsp3) is 0.217. The number of fused-ring (bicyclic) bond motifs is 1. The summed E-state index contributed by atoms with van der Waals surface area (Å²) in [6.07, 6.45) is -0.161. The second-order valence-electron chi connectivity index (χ2n) is 7.53. The molecule has 1 atom stereocenters. The molecule has 0 spiro atoms. The Morgan fingerprint density at radius 2 is 1.88 bits per heavy atom. The summed E-state index contributed by atoms with van der Waals surface area (Å²) in [5, 5.41) is 0. The Kier molecular flexibility index (Phi) is 5.99. The largest absolute Gasteiger partial charge is 0.491 e. The molecule has 2 amide bonds. The van der Waals surface area contributed by atoms with E-state index in [1.165, 1.54) is 12.1 Å². The number of aromatic nitrogens is 2. The van der Waals surface area contributed by atoms with Crippen LogP contribution in [0.2, 0.25) is 0 Å². The highest BCUT2D eigenvalue weighted by Crippen LogP contribution is 2.36. The van der Waals surface area contributed by atoms with Crippen molar-refractivity contribution in [1.82, 2.24) is 14.9 Å². The summed E-state index contributed by atoms with van der Waals surface area (Å²) in [4.78, 5) is 32.9. The van der Waals surface area contributed by atoms with Crippen molar-refractivity contribution in [1.29, 1.82) is 0 Å². The number of rotatable bonds is 5. The van der Waals surface area contributed by atoms with Crippen LogP contribution in [0, 0.1) is 0 Å². The summed E-state index contributed by atoms with van der Waals surface area (Å²) >= 11 is 0. The van der Waals surface area contributed by atoms with Crippen molar-refractivity contribution in [2.45, 2.75) is 18.6 Å². The third kappa shape index (κ3) is 4.94. The van der Waals surface area contributed by atoms with Gasteiger partial charge in [-0.2, -0.15) is 13.2 Å². The quantitative estimate of drug-likeness (QED) is 0.636. The zero-order chi connectivity index (χ0) is 23.6. The van der Waals surface area contributed by atoms with E-state index in [1.807, 2.05) is 6.07 Å². The standard InChI is InChI=1S/C23H19F3N4O3/c24-23(25,26)13-30(22(32)19-5-4-15(11-29-19)21(27)31)16-10-18-17(14-6-8-28-9-7-14)2-1-3-20(18)33-12-16/h1-9,11,16H,10,12-13H2,(H2,27,31)/t16-/m0/s1. The molecule has 0 saturated heterocycles. The molecule has 0 aliphatic carbocycles. The van der Waals surface area contributed by atoms with Gasteiger partial charge in [-0.05, 0) is 41.5 Å². The Bertz CT molecular complexity index is 1170. The van der Waals surface area contributed by atoms with Gasteiger partial charge in [-0.25, -0.2) is 0 Å². The van der Waals surface area contributed by atoms with Crippen LogP contribution >= 0.6 is 0 Å². The Morgan fingerprint density at radius 3 is 2.52 bits per heavy atom. The maximum absolute atomic E-state index is 13.4. The van der Waals surface area contributed by atoms with Crippen molar-refractivity contribution in [3.63, 3.8) is 0 Å². The molecule has 1 aromatic carbocycles. The van der Waals surface area contributed by atoms with Gasteiger partial charge in [-0.1, -0.05) is 12.1 Å². The maximum Gasteiger partial charge on any atom is 0.406 e. The molecule has 0 saturated carbocycles. The number of alkyl halides is 3. The lowest BCUT2D eigenvalue weighted by atomic mass is 9.92. The van der Waals surface area contributed by atoms with Crippen LogP contribution in [0.5, 0.6) is 5.75 Å². The number of pyridine rings is 2. The Balaban J connectivity index is 1.67. The van der Waals surface area contributed by atoms with Crippen LogP contribution in [0.15, 0.2) is 61.1 Å². The number of primary amides is 1. The third-order valence-electron chi connectivity index (χ3n) is 5.31. The SMILES string of the molecule is NC(=O)c1ccc(C(=O)N(CC(F)(F)F)[C@@H]2COc3cccc(-c4ccncc4)c3C2)nc1. The normalized spacial score (nSPS) is 15.3. The average molecular weight is 456 g/mol. The van der Waals surface area contributed by atoms with E-state index in [2.05, 4.69) is 9.97 Å². The van der Waals surface area contributed by atoms with Gasteiger partial charge in [0.2, 0.25) is 5.91 Å². The summed E-state index contributed by atoms with van der Waals surface area (Å²) in [6, 6.07) is 10.5. The summed E-state index contributed by atoms with van der Waals surface area (Å²) in [6.45, 7) is -1.57. The molecule has 4 rings (SSSR count). The zero-order valence-corrected chi connectivity index (χ0v) is 17.2. The Labute approximate surface area is 187 Å². The third-order valence-corrected chi connectivity index (χ3v) is 5.31. The van der Waals surface area contributed by atoms with Crippen LogP contribution in [0.4, 0.5) is 13.2 Å². The zero-order valence-electron chi connectivity index (χ0n) is 17.2. The number of amides is 2. The molecule has 1 aliphatic heterocycles. The summed E-state index contributed by atoms with van der Waals surface area (Å²) in [5.74, 6) is -1.11. The van der Waals surface area contributed by atoms with Gasteiger partial charge in [0.15, 0.2) is 0 Å². The van der Waals surface area contributed by atoms with Crippen molar-refractivity contribution >= 4 is 11.8 Å². The van der Waals surface area contributed by atoms with E-state index in [4.69, 9.17) is 10.5 Å². The molecule has 0 radical (unpaired) electrons. The monoisotopic (exact) mass is 456 g/mol. The van der Waals surface area contributed by atoms with Gasteiger partial charge in [0, 0.05) is 30.6 Å². The average Bonchev–Trinajstić information content (AvgIpc) is 2.81. The highest BCUT2D eigenvalue weighted by Gasteiger charge is 2.39. The van der Waals surface area contributed by atoms with Crippen LogP contribution in [0.3, 0.4) is 0 Å². The number of nitrogens with zero attached hydrogens (tertiary/aromatic N) is 3. The van der Waals surface area contributed by atoms with Crippen molar-refractivity contribution in [2.75, 3.05) is 13.2 Å². The molecular weight excluding hydrogens is 437 g/mol. The highest BCUT2D eigenvalue weighted by atomic mass is 19.4. The van der Waals surface area contributed by atoms with Crippen LogP contribution in [0.1, 0.15) is 26.4 Å². The molecule has 3 heterocycles. The molecule has 170 valence electrons. The molecule has 0 unspecified atom stereocenters. The lowest BCUT2D eigenvalue weighted by Gasteiger charge is -2.36. The molecule has 2 aromatic heterocycles. The second kappa shape index (κ2) is 8.89.